The second kappa shape index (κ2) is 5.48. The van der Waals surface area contributed by atoms with Crippen molar-refractivity contribution in [3.05, 3.63) is 29.6 Å². The van der Waals surface area contributed by atoms with Gasteiger partial charge in [0.15, 0.2) is 0 Å². The quantitative estimate of drug-likeness (QED) is 0.882. The minimum Gasteiger partial charge on any atom is -0.324 e. The standard InChI is InChI=1S/C18H28N2/c1-13(2)14-8-10-18(19,11-9-14)16-7-3-5-15-6-4-12-20-17(15)16/h4,6,12-14,16H,3,5,7-11,19H2,1-2H3. The van der Waals surface area contributed by atoms with E-state index in [2.05, 4.69) is 26.0 Å². The molecule has 2 heteroatoms. The van der Waals surface area contributed by atoms with Gasteiger partial charge in [0.2, 0.25) is 0 Å². The minimum absolute atomic E-state index is 0.00505. The van der Waals surface area contributed by atoms with Crippen LogP contribution in [0, 0.1) is 11.8 Å². The van der Waals surface area contributed by atoms with E-state index < -0.39 is 0 Å². The van der Waals surface area contributed by atoms with Gasteiger partial charge >= 0.3 is 0 Å². The van der Waals surface area contributed by atoms with Gasteiger partial charge in [0.05, 0.1) is 0 Å². The number of nitrogens with two attached hydrogens (primary N) is 1. The molecule has 0 saturated heterocycles. The van der Waals surface area contributed by atoms with E-state index in [4.69, 9.17) is 10.7 Å². The fraction of sp³-hybridized carbons (Fsp3) is 0.722. The highest BCUT2D eigenvalue weighted by Gasteiger charge is 2.41. The van der Waals surface area contributed by atoms with E-state index in [0.29, 0.717) is 5.92 Å². The fourth-order valence-corrected chi connectivity index (χ4v) is 4.36. The first kappa shape index (κ1) is 14.1. The maximum Gasteiger partial charge on any atom is 0.0484 e. The highest BCUT2D eigenvalue weighted by Crippen LogP contribution is 2.45. The van der Waals surface area contributed by atoms with Gasteiger partial charge in [-0.15, -0.1) is 0 Å². The van der Waals surface area contributed by atoms with E-state index in [1.165, 1.54) is 56.2 Å². The molecule has 20 heavy (non-hydrogen) atoms. The van der Waals surface area contributed by atoms with Crippen molar-refractivity contribution in [2.75, 3.05) is 0 Å². The molecule has 3 rings (SSSR count). The highest BCUT2D eigenvalue weighted by molar-refractivity contribution is 5.29. The maximum atomic E-state index is 6.87. The molecule has 2 aliphatic rings. The first-order valence-electron chi connectivity index (χ1n) is 8.33. The van der Waals surface area contributed by atoms with Crippen LogP contribution in [0.4, 0.5) is 0 Å². The van der Waals surface area contributed by atoms with Gasteiger partial charge in [-0.25, -0.2) is 0 Å². The van der Waals surface area contributed by atoms with Gasteiger partial charge in [-0.3, -0.25) is 4.98 Å². The summed E-state index contributed by atoms with van der Waals surface area (Å²) in [6.45, 7) is 4.71. The van der Waals surface area contributed by atoms with Crippen molar-refractivity contribution in [3.8, 4) is 0 Å². The number of hydrogen-bond acceptors (Lipinski definition) is 2. The molecule has 0 aliphatic heterocycles. The largest absolute Gasteiger partial charge is 0.324 e. The smallest absolute Gasteiger partial charge is 0.0484 e. The molecule has 1 fully saturated rings. The van der Waals surface area contributed by atoms with Crippen molar-refractivity contribution < 1.29 is 0 Å². The van der Waals surface area contributed by atoms with E-state index in [1.807, 2.05) is 6.20 Å². The molecular formula is C18H28N2. The molecule has 2 aliphatic carbocycles. The highest BCUT2D eigenvalue weighted by atomic mass is 14.8. The molecule has 0 bridgehead atoms. The van der Waals surface area contributed by atoms with Crippen LogP contribution in [0.5, 0.6) is 0 Å². The first-order chi connectivity index (χ1) is 9.60. The Morgan fingerprint density at radius 3 is 2.70 bits per heavy atom. The lowest BCUT2D eigenvalue weighted by Gasteiger charge is -2.45. The van der Waals surface area contributed by atoms with Crippen LogP contribution in [0.15, 0.2) is 18.3 Å². The van der Waals surface area contributed by atoms with Gasteiger partial charge in [0.25, 0.3) is 0 Å². The van der Waals surface area contributed by atoms with Crippen molar-refractivity contribution in [1.82, 2.24) is 4.98 Å². The first-order valence-corrected chi connectivity index (χ1v) is 8.33. The van der Waals surface area contributed by atoms with Crippen LogP contribution < -0.4 is 5.73 Å². The van der Waals surface area contributed by atoms with Crippen LogP contribution >= 0.6 is 0 Å². The Balaban J connectivity index is 1.80. The third kappa shape index (κ3) is 2.50. The molecule has 1 atom stereocenters. The number of fused-ring (bicyclic) bond motifs is 1. The Bertz CT molecular complexity index is 458. The Hall–Kier alpha value is -0.890. The second-order valence-corrected chi connectivity index (χ2v) is 7.31. The molecule has 1 aromatic rings. The lowest BCUT2D eigenvalue weighted by atomic mass is 9.64. The van der Waals surface area contributed by atoms with Crippen LogP contribution in [0.25, 0.3) is 0 Å². The summed E-state index contributed by atoms with van der Waals surface area (Å²) in [5, 5.41) is 0. The lowest BCUT2D eigenvalue weighted by Crippen LogP contribution is -2.50. The predicted octanol–water partition coefficient (Wildman–Crippen LogP) is 4.05. The summed E-state index contributed by atoms with van der Waals surface area (Å²) >= 11 is 0. The number of nitrogens with zero attached hydrogens (tertiary/aromatic N) is 1. The number of aromatic nitrogens is 1. The second-order valence-electron chi connectivity index (χ2n) is 7.31. The van der Waals surface area contributed by atoms with Gasteiger partial charge in [-0.2, -0.15) is 0 Å². The van der Waals surface area contributed by atoms with E-state index in [1.54, 1.807) is 0 Å². The Kier molecular flexibility index (Phi) is 3.85. The van der Waals surface area contributed by atoms with Crippen molar-refractivity contribution in [3.63, 3.8) is 0 Å². The Morgan fingerprint density at radius 2 is 2.00 bits per heavy atom. The molecular weight excluding hydrogens is 244 g/mol. The molecule has 2 nitrogen and oxygen atoms in total. The van der Waals surface area contributed by atoms with Gasteiger partial charge in [0.1, 0.15) is 0 Å². The molecule has 2 N–H and O–H groups in total. The number of pyridine rings is 1. The summed E-state index contributed by atoms with van der Waals surface area (Å²) in [4.78, 5) is 4.70. The van der Waals surface area contributed by atoms with Gasteiger partial charge in [-0.05, 0) is 68.4 Å². The van der Waals surface area contributed by atoms with Crippen LogP contribution in [0.2, 0.25) is 0 Å². The van der Waals surface area contributed by atoms with Crippen LogP contribution in [0.1, 0.15) is 69.5 Å². The van der Waals surface area contributed by atoms with Crippen LogP contribution in [-0.4, -0.2) is 10.5 Å². The molecule has 1 heterocycles. The van der Waals surface area contributed by atoms with Crippen molar-refractivity contribution in [2.45, 2.75) is 70.3 Å². The number of rotatable bonds is 2. The van der Waals surface area contributed by atoms with E-state index in [-0.39, 0.29) is 5.54 Å². The molecule has 0 radical (unpaired) electrons. The molecule has 1 aromatic heterocycles. The molecule has 1 unspecified atom stereocenters. The van der Waals surface area contributed by atoms with Crippen molar-refractivity contribution >= 4 is 0 Å². The summed E-state index contributed by atoms with van der Waals surface area (Å²) < 4.78 is 0. The molecule has 0 spiro atoms. The molecule has 0 aromatic carbocycles. The van der Waals surface area contributed by atoms with Gasteiger partial charge in [-0.1, -0.05) is 19.9 Å². The zero-order valence-corrected chi connectivity index (χ0v) is 12.9. The van der Waals surface area contributed by atoms with E-state index in [9.17, 15) is 0 Å². The summed E-state index contributed by atoms with van der Waals surface area (Å²) in [6, 6.07) is 4.32. The zero-order valence-electron chi connectivity index (χ0n) is 12.9. The monoisotopic (exact) mass is 272 g/mol. The number of hydrogen-bond donors (Lipinski definition) is 1. The topological polar surface area (TPSA) is 38.9 Å². The van der Waals surface area contributed by atoms with Gasteiger partial charge in [0, 0.05) is 23.3 Å². The minimum atomic E-state index is -0.00505. The summed E-state index contributed by atoms with van der Waals surface area (Å²) in [5.41, 5.74) is 9.62. The third-order valence-corrected chi connectivity index (χ3v) is 5.79. The normalized spacial score (nSPS) is 34.0. The third-order valence-electron chi connectivity index (χ3n) is 5.79. The Morgan fingerprint density at radius 1 is 1.25 bits per heavy atom. The molecule has 0 amide bonds. The van der Waals surface area contributed by atoms with Crippen molar-refractivity contribution in [2.24, 2.45) is 17.6 Å². The van der Waals surface area contributed by atoms with Crippen LogP contribution in [0.3, 0.4) is 0 Å². The predicted molar refractivity (Wildman–Crippen MR) is 83.6 cm³/mol. The van der Waals surface area contributed by atoms with E-state index in [0.717, 1.165) is 11.8 Å². The average molecular weight is 272 g/mol. The van der Waals surface area contributed by atoms with Crippen molar-refractivity contribution in [1.29, 1.82) is 0 Å². The average Bonchev–Trinajstić information content (AvgIpc) is 2.47. The molecule has 1 saturated carbocycles. The zero-order chi connectivity index (χ0) is 14.2. The van der Waals surface area contributed by atoms with Gasteiger partial charge < -0.3 is 5.73 Å². The van der Waals surface area contributed by atoms with Crippen LogP contribution in [-0.2, 0) is 6.42 Å². The summed E-state index contributed by atoms with van der Waals surface area (Å²) in [6.07, 6.45) is 10.6. The fourth-order valence-electron chi connectivity index (χ4n) is 4.36. The SMILES string of the molecule is CC(C)C1CCC(N)(C2CCCc3cccnc32)CC1. The summed E-state index contributed by atoms with van der Waals surface area (Å²) in [7, 11) is 0. The van der Waals surface area contributed by atoms with E-state index >= 15 is 0 Å². The lowest BCUT2D eigenvalue weighted by molar-refractivity contribution is 0.160. The summed E-state index contributed by atoms with van der Waals surface area (Å²) in [5.74, 6) is 2.16. The Labute approximate surface area is 123 Å². The number of aryl methyl sites for hydroxylation is 1. The maximum absolute atomic E-state index is 6.87. The molecule has 110 valence electrons.